The second kappa shape index (κ2) is 3.97. The molecule has 0 bridgehead atoms. The minimum atomic E-state index is -0.129. The molecule has 1 unspecified atom stereocenters. The predicted molar refractivity (Wildman–Crippen MR) is 51.1 cm³/mol. The van der Waals surface area contributed by atoms with E-state index in [1.807, 2.05) is 12.1 Å². The molecule has 1 aliphatic carbocycles. The zero-order valence-corrected chi connectivity index (χ0v) is 7.83. The topological polar surface area (TPSA) is 36.9 Å². The molecule has 2 nitrogen and oxygen atoms in total. The number of furan rings is 1. The highest BCUT2D eigenvalue weighted by Gasteiger charge is 2.23. The van der Waals surface area contributed by atoms with E-state index in [0.717, 1.165) is 5.76 Å². The number of rotatable bonds is 2. The first-order valence-electron chi connectivity index (χ1n) is 5.12. The Balaban J connectivity index is 1.99. The first-order chi connectivity index (χ1) is 6.38. The Morgan fingerprint density at radius 1 is 1.31 bits per heavy atom. The van der Waals surface area contributed by atoms with Gasteiger partial charge in [0.2, 0.25) is 0 Å². The van der Waals surface area contributed by atoms with Crippen LogP contribution < -0.4 is 5.73 Å². The average Bonchev–Trinajstić information content (AvgIpc) is 2.71. The van der Waals surface area contributed by atoms with Gasteiger partial charge in [-0.2, -0.15) is 0 Å². The molecule has 1 fully saturated rings. The highest BCUT2D eigenvalue weighted by Crippen LogP contribution is 2.33. The maximum atomic E-state index is 8.03. The van der Waals surface area contributed by atoms with Crippen molar-refractivity contribution in [2.24, 2.45) is 5.92 Å². The van der Waals surface area contributed by atoms with Crippen molar-refractivity contribution in [3.63, 3.8) is 0 Å². The lowest BCUT2D eigenvalue weighted by molar-refractivity contribution is 0.275. The Labute approximate surface area is 79.1 Å². The van der Waals surface area contributed by atoms with Crippen LogP contribution in [-0.2, 0) is 0 Å². The molecule has 71 valence electrons. The lowest BCUT2D eigenvalue weighted by Crippen LogP contribution is -2.16. The Hall–Kier alpha value is -0.760. The van der Waals surface area contributed by atoms with E-state index in [-0.39, 0.29) is 6.04 Å². The van der Waals surface area contributed by atoms with Crippen LogP contribution in [0.5, 0.6) is 0 Å². The Kier molecular flexibility index (Phi) is 2.69. The Morgan fingerprint density at radius 2 is 2.08 bits per heavy atom. The molecule has 1 radical (unpaired) electrons. The molecule has 0 aliphatic heterocycles. The predicted octanol–water partition coefficient (Wildman–Crippen LogP) is 3.18. The SMILES string of the molecule is [NH]C(c1ccco1)C1CCCCC1. The van der Waals surface area contributed by atoms with Crippen LogP contribution in [0.1, 0.15) is 43.9 Å². The van der Waals surface area contributed by atoms with Gasteiger partial charge in [0.25, 0.3) is 0 Å². The second-order valence-electron chi connectivity index (χ2n) is 3.89. The van der Waals surface area contributed by atoms with Gasteiger partial charge in [-0.25, -0.2) is 5.73 Å². The van der Waals surface area contributed by atoms with Gasteiger partial charge >= 0.3 is 0 Å². The molecule has 0 amide bonds. The monoisotopic (exact) mass is 178 g/mol. The molecule has 1 saturated carbocycles. The summed E-state index contributed by atoms with van der Waals surface area (Å²) in [5.41, 5.74) is 8.03. The summed E-state index contributed by atoms with van der Waals surface area (Å²) in [7, 11) is 0. The summed E-state index contributed by atoms with van der Waals surface area (Å²) in [5, 5.41) is 0. The summed E-state index contributed by atoms with van der Waals surface area (Å²) in [6.45, 7) is 0. The van der Waals surface area contributed by atoms with Crippen molar-refractivity contribution in [2.75, 3.05) is 0 Å². The smallest absolute Gasteiger partial charge is 0.122 e. The molecule has 1 aromatic heterocycles. The van der Waals surface area contributed by atoms with Gasteiger partial charge in [0, 0.05) is 0 Å². The maximum absolute atomic E-state index is 8.03. The minimum Gasteiger partial charge on any atom is -0.468 e. The third-order valence-electron chi connectivity index (χ3n) is 2.97. The van der Waals surface area contributed by atoms with E-state index in [9.17, 15) is 0 Å². The molecule has 1 N–H and O–H groups in total. The van der Waals surface area contributed by atoms with Crippen LogP contribution in [0.25, 0.3) is 0 Å². The van der Waals surface area contributed by atoms with Crippen molar-refractivity contribution < 1.29 is 4.42 Å². The molecular weight excluding hydrogens is 162 g/mol. The zero-order valence-electron chi connectivity index (χ0n) is 7.83. The quantitative estimate of drug-likeness (QED) is 0.685. The molecule has 1 atom stereocenters. The van der Waals surface area contributed by atoms with Gasteiger partial charge in [0.1, 0.15) is 5.76 Å². The third-order valence-corrected chi connectivity index (χ3v) is 2.97. The van der Waals surface area contributed by atoms with Gasteiger partial charge in [-0.15, -0.1) is 0 Å². The zero-order chi connectivity index (χ0) is 9.10. The normalized spacial score (nSPS) is 21.6. The Morgan fingerprint density at radius 3 is 2.69 bits per heavy atom. The number of hydrogen-bond acceptors (Lipinski definition) is 1. The van der Waals surface area contributed by atoms with Crippen LogP contribution in [0, 0.1) is 5.92 Å². The highest BCUT2D eigenvalue weighted by molar-refractivity contribution is 5.05. The van der Waals surface area contributed by atoms with Crippen molar-refractivity contribution in [1.82, 2.24) is 5.73 Å². The summed E-state index contributed by atoms with van der Waals surface area (Å²) < 4.78 is 5.26. The van der Waals surface area contributed by atoms with Crippen molar-refractivity contribution in [3.05, 3.63) is 24.2 Å². The van der Waals surface area contributed by atoms with Crippen molar-refractivity contribution in [1.29, 1.82) is 0 Å². The highest BCUT2D eigenvalue weighted by atomic mass is 16.3. The summed E-state index contributed by atoms with van der Waals surface area (Å²) in [5.74, 6) is 1.37. The molecule has 1 aliphatic rings. The van der Waals surface area contributed by atoms with Gasteiger partial charge in [-0.1, -0.05) is 19.3 Å². The van der Waals surface area contributed by atoms with Crippen LogP contribution in [0.4, 0.5) is 0 Å². The van der Waals surface area contributed by atoms with E-state index in [2.05, 4.69) is 0 Å². The van der Waals surface area contributed by atoms with E-state index in [0.29, 0.717) is 5.92 Å². The molecule has 2 heteroatoms. The maximum Gasteiger partial charge on any atom is 0.122 e. The summed E-state index contributed by atoms with van der Waals surface area (Å²) in [4.78, 5) is 0. The van der Waals surface area contributed by atoms with Crippen molar-refractivity contribution in [3.8, 4) is 0 Å². The van der Waals surface area contributed by atoms with E-state index >= 15 is 0 Å². The van der Waals surface area contributed by atoms with E-state index in [4.69, 9.17) is 10.2 Å². The van der Waals surface area contributed by atoms with Crippen molar-refractivity contribution in [2.45, 2.75) is 38.1 Å². The van der Waals surface area contributed by atoms with Gasteiger partial charge in [0.05, 0.1) is 12.3 Å². The van der Waals surface area contributed by atoms with E-state index < -0.39 is 0 Å². The third kappa shape index (κ3) is 1.94. The molecular formula is C11H16NO. The summed E-state index contributed by atoms with van der Waals surface area (Å²) >= 11 is 0. The average molecular weight is 178 g/mol. The first kappa shape index (κ1) is 8.82. The van der Waals surface area contributed by atoms with Crippen LogP contribution in [-0.4, -0.2) is 0 Å². The standard InChI is InChI=1S/C11H16NO/c12-11(10-7-4-8-13-10)9-5-2-1-3-6-9/h4,7-9,11-12H,1-3,5-6H2. The van der Waals surface area contributed by atoms with Crippen LogP contribution in [0.3, 0.4) is 0 Å². The summed E-state index contributed by atoms with van der Waals surface area (Å²) in [6, 6.07) is 3.67. The molecule has 1 aromatic rings. The van der Waals surface area contributed by atoms with Crippen LogP contribution in [0.15, 0.2) is 22.8 Å². The lowest BCUT2D eigenvalue weighted by Gasteiger charge is -2.25. The molecule has 0 saturated heterocycles. The van der Waals surface area contributed by atoms with Crippen LogP contribution in [0.2, 0.25) is 0 Å². The number of hydrogen-bond donors (Lipinski definition) is 0. The number of nitrogens with one attached hydrogen (secondary N) is 1. The largest absolute Gasteiger partial charge is 0.468 e. The second-order valence-corrected chi connectivity index (χ2v) is 3.89. The summed E-state index contributed by atoms with van der Waals surface area (Å²) in [6.07, 6.45) is 8.01. The van der Waals surface area contributed by atoms with E-state index in [1.54, 1.807) is 6.26 Å². The molecule has 13 heavy (non-hydrogen) atoms. The minimum absolute atomic E-state index is 0.129. The fraction of sp³-hybridized carbons (Fsp3) is 0.636. The fourth-order valence-corrected chi connectivity index (χ4v) is 2.17. The van der Waals surface area contributed by atoms with Gasteiger partial charge in [-0.05, 0) is 30.9 Å². The molecule has 2 rings (SSSR count). The Bertz CT molecular complexity index is 237. The van der Waals surface area contributed by atoms with Gasteiger partial charge < -0.3 is 4.42 Å². The first-order valence-corrected chi connectivity index (χ1v) is 5.12. The van der Waals surface area contributed by atoms with E-state index in [1.165, 1.54) is 32.1 Å². The molecule has 0 spiro atoms. The van der Waals surface area contributed by atoms with Crippen molar-refractivity contribution >= 4 is 0 Å². The van der Waals surface area contributed by atoms with Gasteiger partial charge in [0.15, 0.2) is 0 Å². The van der Waals surface area contributed by atoms with Gasteiger partial charge in [-0.3, -0.25) is 0 Å². The lowest BCUT2D eigenvalue weighted by atomic mass is 9.83. The van der Waals surface area contributed by atoms with Crippen LogP contribution >= 0.6 is 0 Å². The molecule has 0 aromatic carbocycles. The molecule has 1 heterocycles. The fourth-order valence-electron chi connectivity index (χ4n) is 2.17.